The minimum atomic E-state index is -3.56. The minimum Gasteiger partial charge on any atom is -0.358 e. The summed E-state index contributed by atoms with van der Waals surface area (Å²) in [5.41, 5.74) is 2.09. The first-order chi connectivity index (χ1) is 12.9. The van der Waals surface area contributed by atoms with Crippen LogP contribution in [-0.4, -0.2) is 31.7 Å². The van der Waals surface area contributed by atoms with Gasteiger partial charge in [-0.15, -0.1) is 0 Å². The van der Waals surface area contributed by atoms with Crippen LogP contribution in [0.25, 0.3) is 10.9 Å². The fraction of sp³-hybridized carbons (Fsp3) is 0.211. The molecule has 27 heavy (non-hydrogen) atoms. The Morgan fingerprint density at radius 2 is 1.78 bits per heavy atom. The normalized spacial score (nSPS) is 11.5. The molecular weight excluding hydrogens is 369 g/mol. The van der Waals surface area contributed by atoms with Gasteiger partial charge in [-0.25, -0.2) is 17.6 Å². The highest BCUT2D eigenvalue weighted by Crippen LogP contribution is 2.27. The van der Waals surface area contributed by atoms with Crippen molar-refractivity contribution in [1.29, 1.82) is 0 Å². The highest BCUT2D eigenvalue weighted by atomic mass is 32.2. The molecule has 0 spiro atoms. The van der Waals surface area contributed by atoms with Crippen LogP contribution in [0.15, 0.2) is 53.4 Å². The van der Waals surface area contributed by atoms with Crippen LogP contribution in [0.3, 0.4) is 0 Å². The van der Waals surface area contributed by atoms with Crippen molar-refractivity contribution in [2.45, 2.75) is 18.4 Å². The number of urea groups is 1. The molecule has 3 aromatic rings. The van der Waals surface area contributed by atoms with E-state index in [2.05, 4.69) is 15.6 Å². The summed E-state index contributed by atoms with van der Waals surface area (Å²) in [6.07, 6.45) is 0. The fourth-order valence-corrected chi connectivity index (χ4v) is 4.51. The minimum absolute atomic E-state index is 0.0173. The molecule has 0 fully saturated rings. The van der Waals surface area contributed by atoms with Crippen molar-refractivity contribution >= 4 is 26.8 Å². The summed E-state index contributed by atoms with van der Waals surface area (Å²) in [5.74, 6) is -0.555. The Kier molecular flexibility index (Phi) is 5.46. The van der Waals surface area contributed by atoms with E-state index in [4.69, 9.17) is 0 Å². The summed E-state index contributed by atoms with van der Waals surface area (Å²) in [4.78, 5) is 15.2. The fourth-order valence-electron chi connectivity index (χ4n) is 2.90. The Bertz CT molecular complexity index is 1060. The van der Waals surface area contributed by atoms with E-state index in [0.29, 0.717) is 11.1 Å². The number of benzene rings is 2. The number of aromatic amines is 1. The van der Waals surface area contributed by atoms with E-state index in [1.165, 1.54) is 12.1 Å². The Hall–Kier alpha value is -2.87. The van der Waals surface area contributed by atoms with Crippen molar-refractivity contribution in [3.8, 4) is 0 Å². The number of rotatable bonds is 6. The maximum atomic E-state index is 12.8. The van der Waals surface area contributed by atoms with Crippen molar-refractivity contribution in [3.63, 3.8) is 0 Å². The zero-order valence-corrected chi connectivity index (χ0v) is 15.6. The Morgan fingerprint density at radius 1 is 1.07 bits per heavy atom. The highest BCUT2D eigenvalue weighted by Gasteiger charge is 2.22. The van der Waals surface area contributed by atoms with Gasteiger partial charge in [0.15, 0.2) is 9.84 Å². The van der Waals surface area contributed by atoms with Gasteiger partial charge in [-0.3, -0.25) is 0 Å². The van der Waals surface area contributed by atoms with E-state index in [9.17, 15) is 17.6 Å². The second-order valence-electron chi connectivity index (χ2n) is 6.18. The molecule has 0 radical (unpaired) electrons. The number of sulfone groups is 1. The van der Waals surface area contributed by atoms with Crippen molar-refractivity contribution in [3.05, 3.63) is 65.6 Å². The number of aromatic nitrogens is 1. The molecule has 0 saturated heterocycles. The van der Waals surface area contributed by atoms with E-state index < -0.39 is 15.9 Å². The van der Waals surface area contributed by atoms with Crippen LogP contribution in [0.2, 0.25) is 0 Å². The summed E-state index contributed by atoms with van der Waals surface area (Å²) < 4.78 is 38.2. The van der Waals surface area contributed by atoms with Gasteiger partial charge in [-0.2, -0.15) is 0 Å². The molecular formula is C19H20FN3O3S. The van der Waals surface area contributed by atoms with Crippen LogP contribution in [0, 0.1) is 12.7 Å². The Labute approximate surface area is 156 Å². The van der Waals surface area contributed by atoms with E-state index in [1.54, 1.807) is 31.2 Å². The summed E-state index contributed by atoms with van der Waals surface area (Å²) >= 11 is 0. The van der Waals surface area contributed by atoms with Crippen molar-refractivity contribution in [2.75, 3.05) is 12.3 Å². The molecule has 0 aliphatic rings. The number of amides is 2. The molecule has 3 N–H and O–H groups in total. The smallest absolute Gasteiger partial charge is 0.315 e. The molecule has 0 saturated carbocycles. The molecule has 142 valence electrons. The lowest BCUT2D eigenvalue weighted by Crippen LogP contribution is -2.37. The number of carbonyl (C=O) groups is 1. The lowest BCUT2D eigenvalue weighted by Gasteiger charge is -2.09. The monoisotopic (exact) mass is 389 g/mol. The first-order valence-electron chi connectivity index (χ1n) is 8.43. The van der Waals surface area contributed by atoms with E-state index >= 15 is 0 Å². The average Bonchev–Trinajstić information content (AvgIpc) is 2.97. The molecule has 0 unspecified atom stereocenters. The molecule has 0 atom stereocenters. The molecule has 8 heteroatoms. The topological polar surface area (TPSA) is 91.1 Å². The van der Waals surface area contributed by atoms with Gasteiger partial charge in [0, 0.05) is 29.7 Å². The number of halogens is 1. The number of aryl methyl sites for hydroxylation is 1. The van der Waals surface area contributed by atoms with Crippen molar-refractivity contribution in [1.82, 2.24) is 15.6 Å². The molecule has 2 amide bonds. The predicted octanol–water partition coefficient (Wildman–Crippen LogP) is 2.89. The number of para-hydroxylation sites is 1. The average molecular weight is 389 g/mol. The van der Waals surface area contributed by atoms with Crippen molar-refractivity contribution < 1.29 is 17.6 Å². The van der Waals surface area contributed by atoms with Crippen LogP contribution >= 0.6 is 0 Å². The van der Waals surface area contributed by atoms with Gasteiger partial charge in [0.1, 0.15) is 5.82 Å². The van der Waals surface area contributed by atoms with E-state index in [1.807, 2.05) is 12.1 Å². The standard InChI is InChI=1S/C19H20FN3O3S/c1-13-18(16-4-2-3-5-17(16)23-13)27(25,26)11-10-21-19(24)22-12-14-6-8-15(20)9-7-14/h2-9,23H,10-12H2,1H3,(H2,21,22,24). The Morgan fingerprint density at radius 3 is 2.52 bits per heavy atom. The molecule has 3 rings (SSSR count). The third-order valence-electron chi connectivity index (χ3n) is 4.17. The SMILES string of the molecule is Cc1[nH]c2ccccc2c1S(=O)(=O)CCNC(=O)NCc1ccc(F)cc1. The number of fused-ring (bicyclic) bond motifs is 1. The largest absolute Gasteiger partial charge is 0.358 e. The van der Waals surface area contributed by atoms with Gasteiger partial charge in [0.2, 0.25) is 0 Å². The van der Waals surface area contributed by atoms with Gasteiger partial charge in [0.05, 0.1) is 10.6 Å². The third-order valence-corrected chi connectivity index (χ3v) is 6.06. The number of H-pyrrole nitrogens is 1. The third kappa shape index (κ3) is 4.46. The molecule has 6 nitrogen and oxygen atoms in total. The van der Waals surface area contributed by atoms with Crippen LogP contribution in [0.1, 0.15) is 11.3 Å². The second-order valence-corrected chi connectivity index (χ2v) is 8.23. The zero-order chi connectivity index (χ0) is 19.4. The van der Waals surface area contributed by atoms with E-state index in [0.717, 1.165) is 11.1 Å². The van der Waals surface area contributed by atoms with Crippen LogP contribution in [-0.2, 0) is 16.4 Å². The number of carbonyl (C=O) groups excluding carboxylic acids is 1. The summed E-state index contributed by atoms with van der Waals surface area (Å²) in [6.45, 7) is 1.92. The lowest BCUT2D eigenvalue weighted by molar-refractivity contribution is 0.241. The maximum absolute atomic E-state index is 12.8. The van der Waals surface area contributed by atoms with Crippen LogP contribution < -0.4 is 10.6 Å². The number of hydrogen-bond acceptors (Lipinski definition) is 3. The quantitative estimate of drug-likeness (QED) is 0.605. The maximum Gasteiger partial charge on any atom is 0.315 e. The predicted molar refractivity (Wildman–Crippen MR) is 102 cm³/mol. The van der Waals surface area contributed by atoms with Gasteiger partial charge >= 0.3 is 6.03 Å². The first kappa shape index (κ1) is 18.9. The highest BCUT2D eigenvalue weighted by molar-refractivity contribution is 7.91. The van der Waals surface area contributed by atoms with Crippen LogP contribution in [0.4, 0.5) is 9.18 Å². The van der Waals surface area contributed by atoms with Gasteiger partial charge in [0.25, 0.3) is 0 Å². The second kappa shape index (κ2) is 7.79. The summed E-state index contributed by atoms with van der Waals surface area (Å²) in [7, 11) is -3.56. The number of nitrogens with one attached hydrogen (secondary N) is 3. The van der Waals surface area contributed by atoms with Gasteiger partial charge in [-0.1, -0.05) is 30.3 Å². The molecule has 0 bridgehead atoms. The number of hydrogen-bond donors (Lipinski definition) is 3. The van der Waals surface area contributed by atoms with Crippen LogP contribution in [0.5, 0.6) is 0 Å². The first-order valence-corrected chi connectivity index (χ1v) is 10.1. The van der Waals surface area contributed by atoms with Gasteiger partial charge in [-0.05, 0) is 30.7 Å². The summed E-state index contributed by atoms with van der Waals surface area (Å²) in [5, 5.41) is 5.79. The summed E-state index contributed by atoms with van der Waals surface area (Å²) in [6, 6.07) is 12.5. The van der Waals surface area contributed by atoms with Crippen molar-refractivity contribution in [2.24, 2.45) is 0 Å². The molecule has 1 heterocycles. The molecule has 0 aliphatic carbocycles. The Balaban J connectivity index is 1.56. The van der Waals surface area contributed by atoms with E-state index in [-0.39, 0.29) is 29.6 Å². The van der Waals surface area contributed by atoms with Gasteiger partial charge < -0.3 is 15.6 Å². The molecule has 0 aliphatic heterocycles. The zero-order valence-electron chi connectivity index (χ0n) is 14.8. The molecule has 1 aromatic heterocycles. The molecule has 2 aromatic carbocycles. The lowest BCUT2D eigenvalue weighted by atomic mass is 10.2.